The van der Waals surface area contributed by atoms with E-state index in [1.165, 1.54) is 12.4 Å². The van der Waals surface area contributed by atoms with Crippen molar-refractivity contribution in [2.75, 3.05) is 0 Å². The Balaban J connectivity index is 3.22. The maximum absolute atomic E-state index is 11.8. The Kier molecular flexibility index (Phi) is 4.11. The molecule has 1 aromatic heterocycles. The van der Waals surface area contributed by atoms with Crippen LogP contribution in [0.15, 0.2) is 21.8 Å². The summed E-state index contributed by atoms with van der Waals surface area (Å²) in [4.78, 5) is 3.75. The van der Waals surface area contributed by atoms with Gasteiger partial charge in [0.25, 0.3) is 0 Å². The molecular weight excluding hydrogens is 304 g/mol. The number of aromatic nitrogens is 1. The minimum absolute atomic E-state index is 0.0211. The van der Waals surface area contributed by atoms with Crippen LogP contribution in [-0.2, 0) is 10.0 Å². The minimum Gasteiger partial charge on any atom is -0.262 e. The Bertz CT molecular complexity index is 462. The molecule has 0 saturated heterocycles. The van der Waals surface area contributed by atoms with Crippen LogP contribution in [0.3, 0.4) is 0 Å². The molecule has 0 aromatic carbocycles. The van der Waals surface area contributed by atoms with Crippen LogP contribution in [0.1, 0.15) is 13.8 Å². The van der Waals surface area contributed by atoms with Crippen LogP contribution in [0.2, 0.25) is 5.02 Å². The van der Waals surface area contributed by atoms with E-state index in [-0.39, 0.29) is 16.0 Å². The number of sulfonamides is 1. The third-order valence-electron chi connectivity index (χ3n) is 1.49. The lowest BCUT2D eigenvalue weighted by Crippen LogP contribution is -2.30. The van der Waals surface area contributed by atoms with Crippen molar-refractivity contribution in [3.05, 3.63) is 21.9 Å². The molecule has 0 saturated carbocycles. The first-order chi connectivity index (χ1) is 6.84. The van der Waals surface area contributed by atoms with Crippen molar-refractivity contribution in [2.45, 2.75) is 24.8 Å². The van der Waals surface area contributed by atoms with Gasteiger partial charge in [0.2, 0.25) is 10.0 Å². The van der Waals surface area contributed by atoms with Gasteiger partial charge in [-0.05, 0) is 29.8 Å². The summed E-state index contributed by atoms with van der Waals surface area (Å²) in [6.45, 7) is 3.47. The molecule has 7 heteroatoms. The van der Waals surface area contributed by atoms with Crippen molar-refractivity contribution < 1.29 is 8.42 Å². The molecule has 1 rings (SSSR count). The second-order valence-electron chi connectivity index (χ2n) is 3.21. The number of hydrogen-bond acceptors (Lipinski definition) is 3. The summed E-state index contributed by atoms with van der Waals surface area (Å²) in [6, 6.07) is -0.190. The maximum atomic E-state index is 11.8. The van der Waals surface area contributed by atoms with Crippen LogP contribution in [0, 0.1) is 0 Å². The van der Waals surface area contributed by atoms with E-state index in [4.69, 9.17) is 11.6 Å². The topological polar surface area (TPSA) is 59.1 Å². The molecule has 1 heterocycles. The van der Waals surface area contributed by atoms with Gasteiger partial charge in [-0.1, -0.05) is 11.6 Å². The average molecular weight is 314 g/mol. The van der Waals surface area contributed by atoms with E-state index in [1.54, 1.807) is 13.8 Å². The predicted molar refractivity (Wildman–Crippen MR) is 62.4 cm³/mol. The van der Waals surface area contributed by atoms with Crippen molar-refractivity contribution in [3.8, 4) is 0 Å². The second-order valence-corrected chi connectivity index (χ2v) is 6.12. The lowest BCUT2D eigenvalue weighted by Gasteiger charge is -2.10. The Hall–Kier alpha value is -0.170. The van der Waals surface area contributed by atoms with Gasteiger partial charge >= 0.3 is 0 Å². The van der Waals surface area contributed by atoms with Crippen molar-refractivity contribution in [1.29, 1.82) is 0 Å². The van der Waals surface area contributed by atoms with Crippen LogP contribution in [0.5, 0.6) is 0 Å². The first-order valence-corrected chi connectivity index (χ1v) is 6.81. The highest BCUT2D eigenvalue weighted by molar-refractivity contribution is 9.10. The molecule has 15 heavy (non-hydrogen) atoms. The normalized spacial score (nSPS) is 12.1. The molecule has 0 unspecified atom stereocenters. The van der Waals surface area contributed by atoms with Crippen molar-refractivity contribution in [1.82, 2.24) is 9.71 Å². The molecule has 0 atom stereocenters. The molecule has 4 nitrogen and oxygen atoms in total. The van der Waals surface area contributed by atoms with Crippen molar-refractivity contribution >= 4 is 37.6 Å². The van der Waals surface area contributed by atoms with Gasteiger partial charge in [-0.15, -0.1) is 0 Å². The molecule has 0 aliphatic heterocycles. The molecule has 0 bridgehead atoms. The number of pyridine rings is 1. The number of rotatable bonds is 3. The van der Waals surface area contributed by atoms with Crippen molar-refractivity contribution in [3.63, 3.8) is 0 Å². The summed E-state index contributed by atoms with van der Waals surface area (Å²) in [5.74, 6) is 0. The lowest BCUT2D eigenvalue weighted by molar-refractivity contribution is 0.569. The van der Waals surface area contributed by atoms with Gasteiger partial charge in [0.15, 0.2) is 0 Å². The van der Waals surface area contributed by atoms with Gasteiger partial charge in [0.05, 0.1) is 9.50 Å². The molecule has 0 aliphatic rings. The molecule has 1 N–H and O–H groups in total. The summed E-state index contributed by atoms with van der Waals surface area (Å²) in [5, 5.41) is 0.137. The Morgan fingerprint density at radius 3 is 2.60 bits per heavy atom. The average Bonchev–Trinajstić information content (AvgIpc) is 2.07. The van der Waals surface area contributed by atoms with Crippen LogP contribution < -0.4 is 4.72 Å². The van der Waals surface area contributed by atoms with Gasteiger partial charge in [-0.25, -0.2) is 13.1 Å². The summed E-state index contributed by atoms with van der Waals surface area (Å²) in [7, 11) is -3.59. The summed E-state index contributed by atoms with van der Waals surface area (Å²) < 4.78 is 26.4. The first kappa shape index (κ1) is 12.9. The van der Waals surface area contributed by atoms with Crippen LogP contribution in [0.25, 0.3) is 0 Å². The van der Waals surface area contributed by atoms with Crippen LogP contribution in [-0.4, -0.2) is 19.4 Å². The van der Waals surface area contributed by atoms with E-state index in [1.807, 2.05) is 0 Å². The largest absolute Gasteiger partial charge is 0.262 e. The Morgan fingerprint density at radius 1 is 1.47 bits per heavy atom. The van der Waals surface area contributed by atoms with Gasteiger partial charge in [-0.3, -0.25) is 4.98 Å². The highest BCUT2D eigenvalue weighted by Crippen LogP contribution is 2.27. The van der Waals surface area contributed by atoms with Crippen LogP contribution >= 0.6 is 27.5 Å². The highest BCUT2D eigenvalue weighted by atomic mass is 79.9. The van der Waals surface area contributed by atoms with Gasteiger partial charge in [0.1, 0.15) is 4.90 Å². The standard InChI is InChI=1S/C8H10BrClN2O2S/c1-5(2)12-15(13,14)7-4-11-3-6(9)8(7)10/h3-5,12H,1-2H3. The zero-order valence-electron chi connectivity index (χ0n) is 8.16. The molecule has 0 aliphatic carbocycles. The number of halogens is 2. The smallest absolute Gasteiger partial charge is 0.243 e. The van der Waals surface area contributed by atoms with E-state index in [2.05, 4.69) is 25.6 Å². The lowest BCUT2D eigenvalue weighted by atomic mass is 10.4. The molecule has 1 aromatic rings. The highest BCUT2D eigenvalue weighted by Gasteiger charge is 2.20. The van der Waals surface area contributed by atoms with Crippen molar-refractivity contribution in [2.24, 2.45) is 0 Å². The van der Waals surface area contributed by atoms with Gasteiger partial charge < -0.3 is 0 Å². The molecule has 0 radical (unpaired) electrons. The van der Waals surface area contributed by atoms with E-state index in [0.717, 1.165) is 0 Å². The van der Waals surface area contributed by atoms with Crippen LogP contribution in [0.4, 0.5) is 0 Å². The molecule has 0 amide bonds. The fourth-order valence-corrected chi connectivity index (χ4v) is 3.12. The van der Waals surface area contributed by atoms with E-state index >= 15 is 0 Å². The summed E-state index contributed by atoms with van der Waals surface area (Å²) in [6.07, 6.45) is 2.66. The number of nitrogens with one attached hydrogen (secondary N) is 1. The molecule has 84 valence electrons. The first-order valence-electron chi connectivity index (χ1n) is 4.16. The van der Waals surface area contributed by atoms with Gasteiger partial charge in [0, 0.05) is 18.4 Å². The maximum Gasteiger partial charge on any atom is 0.243 e. The zero-order chi connectivity index (χ0) is 11.6. The quantitative estimate of drug-likeness (QED) is 0.930. The van der Waals surface area contributed by atoms with E-state index in [0.29, 0.717) is 4.47 Å². The van der Waals surface area contributed by atoms with E-state index < -0.39 is 10.0 Å². The third kappa shape index (κ3) is 3.14. The van der Waals surface area contributed by atoms with Gasteiger partial charge in [-0.2, -0.15) is 0 Å². The summed E-state index contributed by atoms with van der Waals surface area (Å²) in [5.41, 5.74) is 0. The fraction of sp³-hybridized carbons (Fsp3) is 0.375. The second kappa shape index (κ2) is 4.78. The fourth-order valence-electron chi connectivity index (χ4n) is 0.963. The third-order valence-corrected chi connectivity index (χ3v) is 4.51. The SMILES string of the molecule is CC(C)NS(=O)(=O)c1cncc(Br)c1Cl. The number of nitrogens with zero attached hydrogens (tertiary/aromatic N) is 1. The monoisotopic (exact) mass is 312 g/mol. The molecular formula is C8H10BrClN2O2S. The Morgan fingerprint density at radius 2 is 2.07 bits per heavy atom. The van der Waals surface area contributed by atoms with E-state index in [9.17, 15) is 8.42 Å². The molecule has 0 spiro atoms. The summed E-state index contributed by atoms with van der Waals surface area (Å²) >= 11 is 8.97. The Labute approximate surface area is 102 Å². The number of hydrogen-bond donors (Lipinski definition) is 1. The predicted octanol–water partition coefficient (Wildman–Crippen LogP) is 2.18. The molecule has 0 fully saturated rings. The minimum atomic E-state index is -3.59. The zero-order valence-corrected chi connectivity index (χ0v) is 11.3.